The first-order chi connectivity index (χ1) is 13.6. The van der Waals surface area contributed by atoms with Gasteiger partial charge in [0.2, 0.25) is 5.91 Å². The van der Waals surface area contributed by atoms with Crippen LogP contribution >= 0.6 is 0 Å². The number of nitrogens with zero attached hydrogens (tertiary/aromatic N) is 3. The molecule has 2 heterocycles. The van der Waals surface area contributed by atoms with Crippen LogP contribution in [0.25, 0.3) is 0 Å². The fraction of sp³-hybridized carbons (Fsp3) is 0.435. The third-order valence-electron chi connectivity index (χ3n) is 6.19. The monoisotopic (exact) mass is 377 g/mol. The Morgan fingerprint density at radius 2 is 1.86 bits per heavy atom. The number of hydrogen-bond acceptors (Lipinski definition) is 3. The number of carbonyl (C=O) groups excluding carboxylic acids is 2. The van der Waals surface area contributed by atoms with Crippen LogP contribution in [0.2, 0.25) is 0 Å². The fourth-order valence-electron chi connectivity index (χ4n) is 4.57. The second-order valence-corrected chi connectivity index (χ2v) is 7.86. The predicted molar refractivity (Wildman–Crippen MR) is 108 cm³/mol. The van der Waals surface area contributed by atoms with Crippen molar-refractivity contribution in [3.05, 3.63) is 65.5 Å². The van der Waals surface area contributed by atoms with Crippen LogP contribution in [0, 0.1) is 5.92 Å². The van der Waals surface area contributed by atoms with Gasteiger partial charge in [0, 0.05) is 38.4 Å². The zero-order chi connectivity index (χ0) is 19.5. The second-order valence-electron chi connectivity index (χ2n) is 7.86. The van der Waals surface area contributed by atoms with Crippen LogP contribution in [0.5, 0.6) is 0 Å². The number of pyridine rings is 1. The predicted octanol–water partition coefficient (Wildman–Crippen LogP) is 3.47. The Balaban J connectivity index is 1.39. The van der Waals surface area contributed by atoms with Crippen molar-refractivity contribution < 1.29 is 9.59 Å². The zero-order valence-electron chi connectivity index (χ0n) is 16.4. The van der Waals surface area contributed by atoms with Gasteiger partial charge in [0.05, 0.1) is 11.6 Å². The molecule has 0 N–H and O–H groups in total. The zero-order valence-corrected chi connectivity index (χ0v) is 16.4. The molecule has 1 saturated heterocycles. The molecule has 5 nitrogen and oxygen atoms in total. The van der Waals surface area contributed by atoms with Gasteiger partial charge in [-0.25, -0.2) is 0 Å². The summed E-state index contributed by atoms with van der Waals surface area (Å²) in [5.74, 6) is 0.223. The summed E-state index contributed by atoms with van der Waals surface area (Å²) in [6.45, 7) is 1.25. The third-order valence-corrected chi connectivity index (χ3v) is 6.19. The van der Waals surface area contributed by atoms with Crippen molar-refractivity contribution in [2.45, 2.75) is 38.1 Å². The van der Waals surface area contributed by atoms with E-state index in [0.29, 0.717) is 18.7 Å². The summed E-state index contributed by atoms with van der Waals surface area (Å²) < 4.78 is 0. The Bertz CT molecular complexity index is 844. The maximum absolute atomic E-state index is 13.2. The third kappa shape index (κ3) is 3.66. The molecule has 0 radical (unpaired) electrons. The molecular weight excluding hydrogens is 350 g/mol. The molecule has 4 rings (SSSR count). The van der Waals surface area contributed by atoms with E-state index in [9.17, 15) is 9.59 Å². The quantitative estimate of drug-likeness (QED) is 0.823. The van der Waals surface area contributed by atoms with Gasteiger partial charge in [-0.05, 0) is 55.4 Å². The highest BCUT2D eigenvalue weighted by molar-refractivity contribution is 5.94. The van der Waals surface area contributed by atoms with E-state index in [0.717, 1.165) is 32.1 Å². The van der Waals surface area contributed by atoms with Crippen LogP contribution in [-0.2, 0) is 11.2 Å². The van der Waals surface area contributed by atoms with Crippen LogP contribution in [0.1, 0.15) is 53.2 Å². The van der Waals surface area contributed by atoms with Crippen molar-refractivity contribution in [2.24, 2.45) is 5.92 Å². The first-order valence-electron chi connectivity index (χ1n) is 10.2. The molecular formula is C23H27N3O2. The SMILES string of the molecule is CN(C(=O)C1CCN(C(=O)c2cccnc2)CC1)[C@@H]1CCCc2ccccc21. The van der Waals surface area contributed by atoms with E-state index in [1.54, 1.807) is 24.5 Å². The molecule has 1 aromatic carbocycles. The highest BCUT2D eigenvalue weighted by atomic mass is 16.2. The summed E-state index contributed by atoms with van der Waals surface area (Å²) in [6, 6.07) is 12.2. The van der Waals surface area contributed by atoms with Crippen molar-refractivity contribution in [1.82, 2.24) is 14.8 Å². The van der Waals surface area contributed by atoms with Gasteiger partial charge in [-0.3, -0.25) is 14.6 Å². The normalized spacial score (nSPS) is 19.8. The van der Waals surface area contributed by atoms with Gasteiger partial charge in [0.1, 0.15) is 0 Å². The van der Waals surface area contributed by atoms with Crippen LogP contribution in [0.3, 0.4) is 0 Å². The molecule has 0 spiro atoms. The number of aryl methyl sites for hydroxylation is 1. The van der Waals surface area contributed by atoms with Crippen molar-refractivity contribution in [1.29, 1.82) is 0 Å². The summed E-state index contributed by atoms with van der Waals surface area (Å²) in [6.07, 6.45) is 7.97. The number of carbonyl (C=O) groups is 2. The van der Waals surface area contributed by atoms with Gasteiger partial charge in [-0.15, -0.1) is 0 Å². The number of hydrogen-bond donors (Lipinski definition) is 0. The number of amides is 2. The maximum atomic E-state index is 13.2. The molecule has 1 aliphatic carbocycles. The molecule has 2 aromatic rings. The number of aromatic nitrogens is 1. The first-order valence-corrected chi connectivity index (χ1v) is 10.2. The maximum Gasteiger partial charge on any atom is 0.255 e. The largest absolute Gasteiger partial charge is 0.339 e. The van der Waals surface area contributed by atoms with Gasteiger partial charge in [-0.1, -0.05) is 24.3 Å². The summed E-state index contributed by atoms with van der Waals surface area (Å²) in [5.41, 5.74) is 3.28. The molecule has 1 fully saturated rings. The van der Waals surface area contributed by atoms with Crippen molar-refractivity contribution in [3.8, 4) is 0 Å². The van der Waals surface area contributed by atoms with E-state index in [-0.39, 0.29) is 23.8 Å². The minimum Gasteiger partial charge on any atom is -0.339 e. The Morgan fingerprint density at radius 1 is 1.07 bits per heavy atom. The molecule has 0 bridgehead atoms. The van der Waals surface area contributed by atoms with Crippen molar-refractivity contribution >= 4 is 11.8 Å². The van der Waals surface area contributed by atoms with E-state index in [4.69, 9.17) is 0 Å². The molecule has 1 atom stereocenters. The Hall–Kier alpha value is -2.69. The van der Waals surface area contributed by atoms with Crippen molar-refractivity contribution in [2.75, 3.05) is 20.1 Å². The van der Waals surface area contributed by atoms with E-state index in [1.807, 2.05) is 16.8 Å². The van der Waals surface area contributed by atoms with Crippen LogP contribution < -0.4 is 0 Å². The minimum absolute atomic E-state index is 0.00274. The average molecular weight is 377 g/mol. The lowest BCUT2D eigenvalue weighted by molar-refractivity contribution is -0.138. The molecule has 146 valence electrons. The standard InChI is InChI=1S/C23H27N3O2/c1-25(21-10-4-7-17-6-2-3-9-20(17)21)22(27)18-11-14-26(15-12-18)23(28)19-8-5-13-24-16-19/h2-3,5-6,8-9,13,16,18,21H,4,7,10-12,14-15H2,1H3/t21-/m1/s1. The molecule has 0 unspecified atom stereocenters. The summed E-state index contributed by atoms with van der Waals surface area (Å²) >= 11 is 0. The lowest BCUT2D eigenvalue weighted by atomic mass is 9.86. The second kappa shape index (κ2) is 8.13. The number of benzene rings is 1. The topological polar surface area (TPSA) is 53.5 Å². The highest BCUT2D eigenvalue weighted by Gasteiger charge is 2.33. The molecule has 0 saturated carbocycles. The summed E-state index contributed by atoms with van der Waals surface area (Å²) in [4.78, 5) is 33.6. The van der Waals surface area contributed by atoms with Gasteiger partial charge in [0.25, 0.3) is 5.91 Å². The number of piperidine rings is 1. The van der Waals surface area contributed by atoms with E-state index in [2.05, 4.69) is 29.2 Å². The lowest BCUT2D eigenvalue weighted by Crippen LogP contribution is -2.44. The smallest absolute Gasteiger partial charge is 0.255 e. The van der Waals surface area contributed by atoms with Gasteiger partial charge in [-0.2, -0.15) is 0 Å². The molecule has 1 aliphatic heterocycles. The number of rotatable bonds is 3. The van der Waals surface area contributed by atoms with Gasteiger partial charge in [0.15, 0.2) is 0 Å². The molecule has 28 heavy (non-hydrogen) atoms. The molecule has 2 amide bonds. The van der Waals surface area contributed by atoms with Crippen LogP contribution in [0.4, 0.5) is 0 Å². The lowest BCUT2D eigenvalue weighted by Gasteiger charge is -2.38. The Labute approximate surface area is 166 Å². The fourth-order valence-corrected chi connectivity index (χ4v) is 4.57. The number of likely N-dealkylation sites (tertiary alicyclic amines) is 1. The number of fused-ring (bicyclic) bond motifs is 1. The van der Waals surface area contributed by atoms with Gasteiger partial charge >= 0.3 is 0 Å². The molecule has 1 aromatic heterocycles. The van der Waals surface area contributed by atoms with E-state index in [1.165, 1.54) is 11.1 Å². The van der Waals surface area contributed by atoms with Crippen LogP contribution in [-0.4, -0.2) is 46.7 Å². The molecule has 5 heteroatoms. The minimum atomic E-state index is -0.00274. The first kappa shape index (κ1) is 18.7. The van der Waals surface area contributed by atoms with E-state index < -0.39 is 0 Å². The van der Waals surface area contributed by atoms with Gasteiger partial charge < -0.3 is 9.80 Å². The van der Waals surface area contributed by atoms with E-state index >= 15 is 0 Å². The highest BCUT2D eigenvalue weighted by Crippen LogP contribution is 2.35. The Morgan fingerprint density at radius 3 is 2.61 bits per heavy atom. The summed E-state index contributed by atoms with van der Waals surface area (Å²) in [5, 5.41) is 0. The van der Waals surface area contributed by atoms with Crippen molar-refractivity contribution in [3.63, 3.8) is 0 Å². The van der Waals surface area contributed by atoms with Crippen LogP contribution in [0.15, 0.2) is 48.8 Å². The summed E-state index contributed by atoms with van der Waals surface area (Å²) in [7, 11) is 1.95. The average Bonchev–Trinajstić information content (AvgIpc) is 2.78. The molecule has 2 aliphatic rings. The Kier molecular flexibility index (Phi) is 5.42.